The van der Waals surface area contributed by atoms with E-state index in [-0.39, 0.29) is 25.7 Å². The summed E-state index contributed by atoms with van der Waals surface area (Å²) >= 11 is 0. The Bertz CT molecular complexity index is 660. The van der Waals surface area contributed by atoms with Gasteiger partial charge in [0, 0.05) is 26.5 Å². The molecule has 41 heavy (non-hydrogen) atoms. The van der Waals surface area contributed by atoms with Crippen molar-refractivity contribution in [3.63, 3.8) is 0 Å². The van der Waals surface area contributed by atoms with Gasteiger partial charge in [-0.05, 0) is 19.3 Å². The zero-order chi connectivity index (χ0) is 30.4. The van der Waals surface area contributed by atoms with Crippen molar-refractivity contribution < 1.29 is 42.7 Å². The van der Waals surface area contributed by atoms with Gasteiger partial charge in [0.25, 0.3) is 0 Å². The van der Waals surface area contributed by atoms with Crippen LogP contribution in [0.5, 0.6) is 0 Å². The number of unbranched alkanes of at least 4 members (excludes halogenated alkanes) is 17. The maximum atomic E-state index is 12.2. The van der Waals surface area contributed by atoms with Crippen molar-refractivity contribution in [2.24, 2.45) is 0 Å². The fourth-order valence-corrected chi connectivity index (χ4v) is 4.79. The van der Waals surface area contributed by atoms with Crippen molar-refractivity contribution in [1.82, 2.24) is 5.32 Å². The third kappa shape index (κ3) is 33.3. The van der Waals surface area contributed by atoms with Gasteiger partial charge < -0.3 is 29.3 Å². The first kappa shape index (κ1) is 40.0. The molecule has 0 aliphatic heterocycles. The van der Waals surface area contributed by atoms with E-state index in [1.165, 1.54) is 83.5 Å². The Labute approximate surface area is 249 Å². The molecule has 1 amide bonds. The highest BCUT2D eigenvalue weighted by atomic mass is 31.2. The largest absolute Gasteiger partial charge is 0.469 e. The topological polar surface area (TPSA) is 141 Å². The molecule has 11 heteroatoms. The summed E-state index contributed by atoms with van der Waals surface area (Å²) < 4.78 is 31.8. The van der Waals surface area contributed by atoms with Crippen molar-refractivity contribution in [2.75, 3.05) is 33.2 Å². The van der Waals surface area contributed by atoms with Crippen molar-refractivity contribution >= 4 is 19.7 Å². The lowest BCUT2D eigenvalue weighted by Gasteiger charge is -2.18. The molecule has 1 atom stereocenters. The standard InChI is InChI=1S/C30H60NO9P/c1-3-4-5-6-13-16-19-22-30(33)40-29(26-39-41(34,35)36)25-38-27-37-24-21-18-15-12-10-8-7-9-11-14-17-20-23-31-28(2)32/h29H,3-27H2,1-2H3,(H,31,32)(H2,34,35,36)/t29-/m0/s1. The first-order chi connectivity index (χ1) is 19.7. The Balaban J connectivity index is 3.72. The molecule has 0 aliphatic carbocycles. The highest BCUT2D eigenvalue weighted by Gasteiger charge is 2.21. The van der Waals surface area contributed by atoms with Crippen LogP contribution in [0.4, 0.5) is 0 Å². The van der Waals surface area contributed by atoms with Gasteiger partial charge in [-0.25, -0.2) is 4.57 Å². The Morgan fingerprint density at radius 1 is 0.707 bits per heavy atom. The third-order valence-corrected chi connectivity index (χ3v) is 7.26. The van der Waals surface area contributed by atoms with Gasteiger partial charge in [0.1, 0.15) is 12.9 Å². The van der Waals surface area contributed by atoms with E-state index >= 15 is 0 Å². The number of ether oxygens (including phenoxy) is 3. The predicted octanol–water partition coefficient (Wildman–Crippen LogP) is 6.96. The molecule has 0 spiro atoms. The zero-order valence-corrected chi connectivity index (χ0v) is 26.8. The van der Waals surface area contributed by atoms with Gasteiger partial charge in [0.05, 0.1) is 13.2 Å². The Hall–Kier alpha value is -1.03. The van der Waals surface area contributed by atoms with Gasteiger partial charge in [-0.15, -0.1) is 0 Å². The summed E-state index contributed by atoms with van der Waals surface area (Å²) in [7, 11) is -4.67. The van der Waals surface area contributed by atoms with E-state index in [4.69, 9.17) is 24.0 Å². The average molecular weight is 610 g/mol. The maximum Gasteiger partial charge on any atom is 0.469 e. The number of hydrogen-bond donors (Lipinski definition) is 3. The van der Waals surface area contributed by atoms with Gasteiger partial charge in [-0.1, -0.05) is 110 Å². The van der Waals surface area contributed by atoms with E-state index in [0.29, 0.717) is 6.61 Å². The van der Waals surface area contributed by atoms with E-state index in [2.05, 4.69) is 16.8 Å². The second-order valence-corrected chi connectivity index (χ2v) is 12.1. The fourth-order valence-electron chi connectivity index (χ4n) is 4.43. The number of rotatable bonds is 31. The molecular weight excluding hydrogens is 549 g/mol. The van der Waals surface area contributed by atoms with E-state index in [9.17, 15) is 14.2 Å². The SMILES string of the molecule is CCCCCCCCCC(=O)O[C@@H](COCOCCCCCCCCCCCCCCNC(C)=O)COP(=O)(O)O. The number of nitrogens with one attached hydrogen (secondary N) is 1. The smallest absolute Gasteiger partial charge is 0.457 e. The van der Waals surface area contributed by atoms with Crippen LogP contribution in [0.2, 0.25) is 0 Å². The molecule has 0 aliphatic rings. The first-order valence-corrected chi connectivity index (χ1v) is 17.6. The number of phosphoric acid groups is 1. The lowest BCUT2D eigenvalue weighted by atomic mass is 10.1. The average Bonchev–Trinajstić information content (AvgIpc) is 2.91. The lowest BCUT2D eigenvalue weighted by Crippen LogP contribution is -2.28. The van der Waals surface area contributed by atoms with Crippen molar-refractivity contribution in [3.05, 3.63) is 0 Å². The summed E-state index contributed by atoms with van der Waals surface area (Å²) in [5, 5.41) is 2.83. The molecule has 10 nitrogen and oxygen atoms in total. The summed E-state index contributed by atoms with van der Waals surface area (Å²) in [5.41, 5.74) is 0. The molecular formula is C30H60NO9P. The minimum absolute atomic E-state index is 0.0228. The molecule has 0 radical (unpaired) electrons. The van der Waals surface area contributed by atoms with Crippen LogP contribution in [0.3, 0.4) is 0 Å². The molecule has 0 heterocycles. The Morgan fingerprint density at radius 2 is 1.22 bits per heavy atom. The van der Waals surface area contributed by atoms with Gasteiger partial charge in [-0.3, -0.25) is 14.1 Å². The molecule has 0 rings (SSSR count). The van der Waals surface area contributed by atoms with E-state index in [0.717, 1.165) is 45.1 Å². The van der Waals surface area contributed by atoms with Crippen LogP contribution in [0.25, 0.3) is 0 Å². The van der Waals surface area contributed by atoms with Crippen molar-refractivity contribution in [2.45, 2.75) is 148 Å². The number of esters is 1. The normalized spacial score (nSPS) is 12.4. The zero-order valence-electron chi connectivity index (χ0n) is 26.0. The maximum absolute atomic E-state index is 12.2. The minimum atomic E-state index is -4.67. The third-order valence-electron chi connectivity index (χ3n) is 6.77. The predicted molar refractivity (Wildman–Crippen MR) is 161 cm³/mol. The summed E-state index contributed by atoms with van der Waals surface area (Å²) in [6.07, 6.45) is 21.3. The molecule has 0 bridgehead atoms. The molecule has 0 aromatic carbocycles. The number of phosphoric ester groups is 1. The quantitative estimate of drug-likeness (QED) is 0.0329. The van der Waals surface area contributed by atoms with Crippen LogP contribution in [-0.2, 0) is 32.9 Å². The highest BCUT2D eigenvalue weighted by Crippen LogP contribution is 2.35. The number of hydrogen-bond acceptors (Lipinski definition) is 7. The van der Waals surface area contributed by atoms with E-state index in [1.807, 2.05) is 0 Å². The summed E-state index contributed by atoms with van der Waals surface area (Å²) in [4.78, 5) is 40.9. The fraction of sp³-hybridized carbons (Fsp3) is 0.933. The van der Waals surface area contributed by atoms with Gasteiger partial charge >= 0.3 is 13.8 Å². The molecule has 0 saturated carbocycles. The van der Waals surface area contributed by atoms with Gasteiger partial charge in [0.15, 0.2) is 0 Å². The minimum Gasteiger partial charge on any atom is -0.457 e. The molecule has 3 N–H and O–H groups in total. The van der Waals surface area contributed by atoms with Crippen molar-refractivity contribution in [3.8, 4) is 0 Å². The van der Waals surface area contributed by atoms with Crippen LogP contribution in [-0.4, -0.2) is 60.9 Å². The number of carbonyl (C=O) groups is 2. The van der Waals surface area contributed by atoms with E-state index < -0.39 is 26.5 Å². The number of carbonyl (C=O) groups excluding carboxylic acids is 2. The van der Waals surface area contributed by atoms with Crippen LogP contribution in [0.1, 0.15) is 142 Å². The van der Waals surface area contributed by atoms with Crippen LogP contribution in [0.15, 0.2) is 0 Å². The van der Waals surface area contributed by atoms with Crippen LogP contribution < -0.4 is 5.32 Å². The summed E-state index contributed by atoms with van der Waals surface area (Å²) in [6.45, 7) is 4.63. The molecule has 244 valence electrons. The van der Waals surface area contributed by atoms with Crippen LogP contribution >= 0.6 is 7.82 Å². The van der Waals surface area contributed by atoms with Gasteiger partial charge in [-0.2, -0.15) is 0 Å². The van der Waals surface area contributed by atoms with Crippen LogP contribution in [0, 0.1) is 0 Å². The van der Waals surface area contributed by atoms with Gasteiger partial charge in [0.2, 0.25) is 5.91 Å². The molecule has 0 aromatic rings. The van der Waals surface area contributed by atoms with E-state index in [1.54, 1.807) is 6.92 Å². The second kappa shape index (κ2) is 29.1. The molecule has 0 aromatic heterocycles. The Morgan fingerprint density at radius 3 is 1.76 bits per heavy atom. The highest BCUT2D eigenvalue weighted by molar-refractivity contribution is 7.46. The molecule has 0 fully saturated rings. The summed E-state index contributed by atoms with van der Waals surface area (Å²) in [5.74, 6) is -0.367. The van der Waals surface area contributed by atoms with Crippen molar-refractivity contribution in [1.29, 1.82) is 0 Å². The number of amides is 1. The second-order valence-electron chi connectivity index (χ2n) is 10.9. The first-order valence-electron chi connectivity index (χ1n) is 16.0. The monoisotopic (exact) mass is 609 g/mol. The molecule has 0 saturated heterocycles. The molecule has 0 unspecified atom stereocenters. The summed E-state index contributed by atoms with van der Waals surface area (Å²) in [6, 6.07) is 0. The lowest BCUT2D eigenvalue weighted by molar-refractivity contribution is -0.158. The Kier molecular flexibility index (Phi) is 28.3.